The van der Waals surface area contributed by atoms with E-state index >= 15 is 0 Å². The summed E-state index contributed by atoms with van der Waals surface area (Å²) < 4.78 is 10.8. The quantitative estimate of drug-likeness (QED) is 0.762. The first-order chi connectivity index (χ1) is 9.89. The predicted octanol–water partition coefficient (Wildman–Crippen LogP) is 1.22. The van der Waals surface area contributed by atoms with E-state index in [2.05, 4.69) is 5.32 Å². The average molecular weight is 314 g/mol. The van der Waals surface area contributed by atoms with Crippen LogP contribution in [0.2, 0.25) is 0 Å². The van der Waals surface area contributed by atoms with E-state index in [1.54, 1.807) is 20.8 Å². The molecule has 0 aliphatic carbocycles. The van der Waals surface area contributed by atoms with Crippen molar-refractivity contribution >= 4 is 11.9 Å². The molecule has 3 atom stereocenters. The van der Waals surface area contributed by atoms with Crippen LogP contribution in [0.1, 0.15) is 48.0 Å². The van der Waals surface area contributed by atoms with E-state index in [1.165, 1.54) is 0 Å². The number of esters is 1. The Kier molecular flexibility index (Phi) is 5.98. The van der Waals surface area contributed by atoms with Gasteiger partial charge in [-0.1, -0.05) is 20.8 Å². The first kappa shape index (κ1) is 18.9. The number of nitrogens with two attached hydrogens (primary N) is 1. The second kappa shape index (κ2) is 6.96. The highest BCUT2D eigenvalue weighted by Crippen LogP contribution is 2.22. The fourth-order valence-corrected chi connectivity index (χ4v) is 2.34. The van der Waals surface area contributed by atoms with Gasteiger partial charge in [-0.25, -0.2) is 4.79 Å². The molecule has 1 fully saturated rings. The van der Waals surface area contributed by atoms with Gasteiger partial charge in [0.1, 0.15) is 11.6 Å². The van der Waals surface area contributed by atoms with Crippen molar-refractivity contribution in [3.8, 4) is 0 Å². The fourth-order valence-electron chi connectivity index (χ4n) is 2.34. The third-order valence-electron chi connectivity index (χ3n) is 3.27. The number of nitrogens with one attached hydrogen (secondary N) is 1. The van der Waals surface area contributed by atoms with Gasteiger partial charge in [-0.2, -0.15) is 0 Å². The summed E-state index contributed by atoms with van der Waals surface area (Å²) in [5, 5.41) is 2.79. The molecule has 6 nitrogen and oxygen atoms in total. The molecule has 0 aromatic heterocycles. The number of hydrogen-bond acceptors (Lipinski definition) is 5. The molecule has 128 valence electrons. The molecule has 1 rings (SSSR count). The minimum atomic E-state index is -0.772. The molecule has 6 heteroatoms. The summed E-state index contributed by atoms with van der Waals surface area (Å²) in [6, 6.07) is -1.06. The van der Waals surface area contributed by atoms with Gasteiger partial charge in [0.2, 0.25) is 5.91 Å². The highest BCUT2D eigenvalue weighted by atomic mass is 16.6. The van der Waals surface area contributed by atoms with Crippen molar-refractivity contribution in [3.05, 3.63) is 0 Å². The molecule has 3 N–H and O–H groups in total. The Morgan fingerprint density at radius 3 is 2.23 bits per heavy atom. The summed E-state index contributed by atoms with van der Waals surface area (Å²) in [5.41, 5.74) is 5.23. The van der Waals surface area contributed by atoms with Gasteiger partial charge in [-0.15, -0.1) is 0 Å². The molecule has 0 aromatic rings. The summed E-state index contributed by atoms with van der Waals surface area (Å²) in [4.78, 5) is 24.6. The molecule has 0 spiro atoms. The molecule has 0 radical (unpaired) electrons. The number of amides is 1. The SMILES string of the molecule is CC(C)(C)CC(=O)N[C@@H](C(=O)OC(C)(C)C)[C@H]1COC[C@H]1N. The first-order valence-corrected chi connectivity index (χ1v) is 7.74. The summed E-state index contributed by atoms with van der Waals surface area (Å²) in [6.45, 7) is 12.0. The number of carbonyl (C=O) groups is 2. The number of ether oxygens (including phenoxy) is 2. The third kappa shape index (κ3) is 6.32. The Hall–Kier alpha value is -1.14. The van der Waals surface area contributed by atoms with Crippen LogP contribution >= 0.6 is 0 Å². The standard InChI is InChI=1S/C16H30N2O4/c1-15(2,3)7-12(19)18-13(10-8-21-9-11(10)17)14(20)22-16(4,5)6/h10-11,13H,7-9,17H2,1-6H3,(H,18,19)/t10-,11+,13+/m0/s1. The van der Waals surface area contributed by atoms with Crippen LogP contribution in [0.15, 0.2) is 0 Å². The van der Waals surface area contributed by atoms with Gasteiger partial charge in [0.15, 0.2) is 0 Å². The maximum Gasteiger partial charge on any atom is 0.329 e. The van der Waals surface area contributed by atoms with Crippen LogP contribution in [0, 0.1) is 11.3 Å². The van der Waals surface area contributed by atoms with Gasteiger partial charge in [-0.3, -0.25) is 4.79 Å². The lowest BCUT2D eigenvalue weighted by Gasteiger charge is -2.29. The van der Waals surface area contributed by atoms with E-state index in [9.17, 15) is 9.59 Å². The normalized spacial score (nSPS) is 24.0. The molecule has 1 heterocycles. The van der Waals surface area contributed by atoms with Crippen molar-refractivity contribution in [3.63, 3.8) is 0 Å². The molecule has 0 saturated carbocycles. The van der Waals surface area contributed by atoms with E-state index in [-0.39, 0.29) is 23.3 Å². The van der Waals surface area contributed by atoms with E-state index < -0.39 is 17.6 Å². The summed E-state index contributed by atoms with van der Waals surface area (Å²) >= 11 is 0. The average Bonchev–Trinajstić information content (AvgIpc) is 2.67. The molecule has 0 bridgehead atoms. The highest BCUT2D eigenvalue weighted by molar-refractivity contribution is 5.85. The second-order valence-electron chi connectivity index (χ2n) is 8.18. The van der Waals surface area contributed by atoms with Crippen molar-refractivity contribution in [2.75, 3.05) is 13.2 Å². The van der Waals surface area contributed by atoms with Gasteiger partial charge >= 0.3 is 5.97 Å². The molecular formula is C16H30N2O4. The van der Waals surface area contributed by atoms with Crippen molar-refractivity contribution in [2.24, 2.45) is 17.1 Å². The number of hydrogen-bond donors (Lipinski definition) is 2. The zero-order chi connectivity index (χ0) is 17.1. The molecule has 1 saturated heterocycles. The van der Waals surface area contributed by atoms with Gasteiger partial charge in [0.05, 0.1) is 13.2 Å². The minimum Gasteiger partial charge on any atom is -0.458 e. The summed E-state index contributed by atoms with van der Waals surface area (Å²) in [6.07, 6.45) is 0.328. The lowest BCUT2D eigenvalue weighted by atomic mass is 9.90. The molecule has 0 aromatic carbocycles. The Labute approximate surface area is 133 Å². The van der Waals surface area contributed by atoms with Crippen molar-refractivity contribution in [2.45, 2.75) is 65.6 Å². The van der Waals surface area contributed by atoms with E-state index in [0.717, 1.165) is 0 Å². The topological polar surface area (TPSA) is 90.7 Å². The summed E-state index contributed by atoms with van der Waals surface area (Å²) in [7, 11) is 0. The molecule has 1 aliphatic heterocycles. The Bertz CT molecular complexity index is 409. The minimum absolute atomic E-state index is 0.156. The zero-order valence-corrected chi connectivity index (χ0v) is 14.6. The van der Waals surface area contributed by atoms with Gasteiger partial charge in [-0.05, 0) is 26.2 Å². The van der Waals surface area contributed by atoms with Crippen molar-refractivity contribution in [1.82, 2.24) is 5.32 Å². The number of rotatable bonds is 4. The zero-order valence-electron chi connectivity index (χ0n) is 14.6. The van der Waals surface area contributed by atoms with Gasteiger partial charge in [0, 0.05) is 18.4 Å². The third-order valence-corrected chi connectivity index (χ3v) is 3.27. The van der Waals surface area contributed by atoms with Crippen LogP contribution in [0.5, 0.6) is 0 Å². The maximum absolute atomic E-state index is 12.4. The Morgan fingerprint density at radius 1 is 1.23 bits per heavy atom. The van der Waals surface area contributed by atoms with Crippen LogP contribution in [0.4, 0.5) is 0 Å². The number of carbonyl (C=O) groups excluding carboxylic acids is 2. The van der Waals surface area contributed by atoms with Crippen LogP contribution in [-0.4, -0.2) is 42.8 Å². The first-order valence-electron chi connectivity index (χ1n) is 7.74. The fraction of sp³-hybridized carbons (Fsp3) is 0.875. The summed E-state index contributed by atoms with van der Waals surface area (Å²) in [5.74, 6) is -0.901. The second-order valence-corrected chi connectivity index (χ2v) is 8.18. The van der Waals surface area contributed by atoms with Gasteiger partial charge in [0.25, 0.3) is 0 Å². The Balaban J connectivity index is 2.82. The van der Waals surface area contributed by atoms with Crippen molar-refractivity contribution in [1.29, 1.82) is 0 Å². The van der Waals surface area contributed by atoms with Gasteiger partial charge < -0.3 is 20.5 Å². The van der Waals surface area contributed by atoms with Crippen molar-refractivity contribution < 1.29 is 19.1 Å². The van der Waals surface area contributed by atoms with Crippen LogP contribution in [0.3, 0.4) is 0 Å². The lowest BCUT2D eigenvalue weighted by molar-refractivity contribution is -0.160. The van der Waals surface area contributed by atoms with E-state index in [1.807, 2.05) is 20.8 Å². The Morgan fingerprint density at radius 2 is 1.82 bits per heavy atom. The molecule has 0 unspecified atom stereocenters. The van der Waals surface area contributed by atoms with E-state index in [0.29, 0.717) is 19.6 Å². The lowest BCUT2D eigenvalue weighted by Crippen LogP contribution is -2.53. The highest BCUT2D eigenvalue weighted by Gasteiger charge is 2.40. The monoisotopic (exact) mass is 314 g/mol. The molecule has 1 aliphatic rings. The molecule has 22 heavy (non-hydrogen) atoms. The van der Waals surface area contributed by atoms with Crippen LogP contribution in [0.25, 0.3) is 0 Å². The van der Waals surface area contributed by atoms with Crippen LogP contribution in [-0.2, 0) is 19.1 Å². The maximum atomic E-state index is 12.4. The smallest absolute Gasteiger partial charge is 0.329 e. The largest absolute Gasteiger partial charge is 0.458 e. The predicted molar refractivity (Wildman–Crippen MR) is 84.1 cm³/mol. The van der Waals surface area contributed by atoms with E-state index in [4.69, 9.17) is 15.2 Å². The molecule has 1 amide bonds. The molecular weight excluding hydrogens is 284 g/mol. The van der Waals surface area contributed by atoms with Crippen LogP contribution < -0.4 is 11.1 Å².